The molecule has 2 atom stereocenters. The summed E-state index contributed by atoms with van der Waals surface area (Å²) in [4.78, 5) is 24.6. The van der Waals surface area contributed by atoms with Crippen LogP contribution in [0.15, 0.2) is 36.5 Å². The molecule has 0 saturated carbocycles. The molecule has 1 amide bonds. The first kappa shape index (κ1) is 84.1. The van der Waals surface area contributed by atoms with Crippen LogP contribution < -0.4 is 5.32 Å². The van der Waals surface area contributed by atoms with Gasteiger partial charge in [-0.15, -0.1) is 0 Å². The predicted octanol–water partition coefficient (Wildman–Crippen LogP) is 25.8. The summed E-state index contributed by atoms with van der Waals surface area (Å²) in [5.41, 5.74) is 0. The van der Waals surface area contributed by atoms with Crippen molar-refractivity contribution in [3.05, 3.63) is 36.5 Å². The predicted molar refractivity (Wildman–Crippen MR) is 379 cm³/mol. The molecule has 0 aliphatic rings. The summed E-state index contributed by atoms with van der Waals surface area (Å²) in [7, 11) is 0. The van der Waals surface area contributed by atoms with Gasteiger partial charge in [-0.05, 0) is 83.5 Å². The normalized spacial score (nSPS) is 12.7. The van der Waals surface area contributed by atoms with Gasteiger partial charge in [-0.25, -0.2) is 0 Å². The third kappa shape index (κ3) is 71.2. The second-order valence-electron chi connectivity index (χ2n) is 27.0. The Morgan fingerprint density at radius 2 is 0.547 bits per heavy atom. The minimum Gasteiger partial charge on any atom is -0.466 e. The zero-order valence-electron chi connectivity index (χ0n) is 58.3. The zero-order valence-corrected chi connectivity index (χ0v) is 58.3. The van der Waals surface area contributed by atoms with E-state index in [1.54, 1.807) is 6.08 Å². The van der Waals surface area contributed by atoms with Gasteiger partial charge in [0.05, 0.1) is 25.4 Å². The van der Waals surface area contributed by atoms with E-state index in [2.05, 4.69) is 43.5 Å². The molecule has 0 rings (SSSR count). The Labute approximate surface area is 538 Å². The monoisotopic (exact) mass is 1210 g/mol. The van der Waals surface area contributed by atoms with Crippen molar-refractivity contribution in [1.82, 2.24) is 5.32 Å². The van der Waals surface area contributed by atoms with Gasteiger partial charge < -0.3 is 20.3 Å². The lowest BCUT2D eigenvalue weighted by molar-refractivity contribution is -0.143. The number of aliphatic hydroxyl groups excluding tert-OH is 2. The fourth-order valence-electron chi connectivity index (χ4n) is 12.4. The molecule has 0 radical (unpaired) electrons. The van der Waals surface area contributed by atoms with E-state index in [0.717, 1.165) is 44.9 Å². The van der Waals surface area contributed by atoms with Gasteiger partial charge in [0.2, 0.25) is 5.91 Å². The SMILES string of the molecule is CCCCCCC/C=C\CCCCCCCC(=O)OCCCCCCCCCCCCCCCCCC/C=C\CCCCCCCCCCCCCCCCCCCC(=O)NC(CO)C(O)/C=C/CCCCCCCCCCCCCCCCCC. The highest BCUT2D eigenvalue weighted by atomic mass is 16.5. The first-order valence-corrected chi connectivity index (χ1v) is 39.3. The third-order valence-electron chi connectivity index (χ3n) is 18.4. The maximum atomic E-state index is 12.5. The lowest BCUT2D eigenvalue weighted by atomic mass is 10.0. The quantitative estimate of drug-likeness (QED) is 0.0320. The number of rotatable bonds is 74. The van der Waals surface area contributed by atoms with E-state index in [1.807, 2.05) is 6.08 Å². The largest absolute Gasteiger partial charge is 0.466 e. The summed E-state index contributed by atoms with van der Waals surface area (Å²) in [6, 6.07) is -0.625. The average molecular weight is 1210 g/mol. The molecule has 6 nitrogen and oxygen atoms in total. The van der Waals surface area contributed by atoms with Crippen LogP contribution in [0.3, 0.4) is 0 Å². The van der Waals surface area contributed by atoms with Crippen molar-refractivity contribution in [3.8, 4) is 0 Å². The number of aliphatic hydroxyl groups is 2. The molecule has 0 fully saturated rings. The number of hydrogen-bond acceptors (Lipinski definition) is 5. The summed E-state index contributed by atoms with van der Waals surface area (Å²) in [5, 5.41) is 23.2. The molecule has 86 heavy (non-hydrogen) atoms. The minimum absolute atomic E-state index is 0.0132. The molecule has 3 N–H and O–H groups in total. The fourth-order valence-corrected chi connectivity index (χ4v) is 12.4. The van der Waals surface area contributed by atoms with Crippen LogP contribution in [-0.4, -0.2) is 47.4 Å². The number of esters is 1. The van der Waals surface area contributed by atoms with Crippen molar-refractivity contribution in [2.24, 2.45) is 0 Å². The van der Waals surface area contributed by atoms with Crippen molar-refractivity contribution in [2.75, 3.05) is 13.2 Å². The number of carbonyl (C=O) groups is 2. The molecule has 0 bridgehead atoms. The molecular formula is C80H153NO5. The maximum Gasteiger partial charge on any atom is 0.305 e. The van der Waals surface area contributed by atoms with Gasteiger partial charge in [0.15, 0.2) is 0 Å². The Balaban J connectivity index is 3.35. The van der Waals surface area contributed by atoms with Gasteiger partial charge in [0.1, 0.15) is 0 Å². The molecule has 0 aromatic heterocycles. The van der Waals surface area contributed by atoms with Crippen molar-refractivity contribution < 1.29 is 24.5 Å². The van der Waals surface area contributed by atoms with E-state index in [-0.39, 0.29) is 18.5 Å². The Morgan fingerprint density at radius 1 is 0.314 bits per heavy atom. The van der Waals surface area contributed by atoms with Crippen LogP contribution in [0.1, 0.15) is 438 Å². The number of hydrogen-bond donors (Lipinski definition) is 3. The molecule has 6 heteroatoms. The number of allylic oxidation sites excluding steroid dienone is 5. The van der Waals surface area contributed by atoms with E-state index in [0.29, 0.717) is 19.4 Å². The highest BCUT2D eigenvalue weighted by Crippen LogP contribution is 2.19. The Morgan fingerprint density at radius 3 is 0.826 bits per heavy atom. The first-order chi connectivity index (χ1) is 42.5. The molecule has 0 aromatic rings. The van der Waals surface area contributed by atoms with E-state index >= 15 is 0 Å². The Kier molecular flexibility index (Phi) is 73.9. The smallest absolute Gasteiger partial charge is 0.305 e. The molecule has 2 unspecified atom stereocenters. The number of nitrogens with one attached hydrogen (secondary N) is 1. The van der Waals surface area contributed by atoms with E-state index in [9.17, 15) is 19.8 Å². The summed E-state index contributed by atoms with van der Waals surface area (Å²) in [6.07, 6.45) is 98.4. The highest BCUT2D eigenvalue weighted by molar-refractivity contribution is 5.76. The molecule has 0 spiro atoms. The maximum absolute atomic E-state index is 12.5. The number of ether oxygens (including phenoxy) is 1. The topological polar surface area (TPSA) is 95.9 Å². The van der Waals surface area contributed by atoms with Crippen LogP contribution in [0.5, 0.6) is 0 Å². The molecule has 0 aliphatic carbocycles. The van der Waals surface area contributed by atoms with Crippen LogP contribution in [-0.2, 0) is 14.3 Å². The lowest BCUT2D eigenvalue weighted by Gasteiger charge is -2.20. The van der Waals surface area contributed by atoms with Gasteiger partial charge in [-0.2, -0.15) is 0 Å². The molecule has 508 valence electrons. The molecular weight excluding hydrogens is 1050 g/mol. The summed E-state index contributed by atoms with van der Waals surface area (Å²) in [5.74, 6) is -0.0471. The fraction of sp³-hybridized carbons (Fsp3) is 0.900. The van der Waals surface area contributed by atoms with Crippen molar-refractivity contribution >= 4 is 11.9 Å². The number of unbranched alkanes of at least 4 members (excludes halogenated alkanes) is 59. The lowest BCUT2D eigenvalue weighted by Crippen LogP contribution is -2.45. The zero-order chi connectivity index (χ0) is 62.0. The molecule has 0 heterocycles. The van der Waals surface area contributed by atoms with Crippen LogP contribution >= 0.6 is 0 Å². The Hall–Kier alpha value is -1.92. The van der Waals surface area contributed by atoms with Gasteiger partial charge in [0.25, 0.3) is 0 Å². The first-order valence-electron chi connectivity index (χ1n) is 39.3. The second-order valence-corrected chi connectivity index (χ2v) is 27.0. The second kappa shape index (κ2) is 75.5. The van der Waals surface area contributed by atoms with Crippen molar-refractivity contribution in [1.29, 1.82) is 0 Å². The molecule has 0 aliphatic heterocycles. The van der Waals surface area contributed by atoms with Crippen LogP contribution in [0.4, 0.5) is 0 Å². The van der Waals surface area contributed by atoms with Crippen molar-refractivity contribution in [3.63, 3.8) is 0 Å². The summed E-state index contributed by atoms with van der Waals surface area (Å²) >= 11 is 0. The highest BCUT2D eigenvalue weighted by Gasteiger charge is 2.18. The number of amides is 1. The van der Waals surface area contributed by atoms with Gasteiger partial charge in [0, 0.05) is 12.8 Å². The van der Waals surface area contributed by atoms with Crippen LogP contribution in [0, 0.1) is 0 Å². The van der Waals surface area contributed by atoms with E-state index in [4.69, 9.17) is 4.74 Å². The van der Waals surface area contributed by atoms with Gasteiger partial charge >= 0.3 is 5.97 Å². The summed E-state index contributed by atoms with van der Waals surface area (Å²) in [6.45, 7) is 4.93. The Bertz CT molecular complexity index is 1390. The standard InChI is InChI=1S/C80H153NO5/c1-3-5-7-9-11-13-15-17-19-20-42-45-48-52-56-60-64-68-72-78(83)77(76-82)81-79(84)73-69-65-61-57-53-49-46-43-40-38-36-34-32-30-28-26-24-22-21-23-25-27-29-31-33-35-37-39-41-44-47-51-55-59-63-67-71-75-86-80(85)74-70-66-62-58-54-50-18-16-14-12-10-8-6-4-2/h16,18,21,23,68,72,77-78,82-83H,3-15,17,19-20,22,24-67,69-71,73-76H2,1-2H3,(H,81,84)/b18-16-,23-21-,72-68+. The van der Waals surface area contributed by atoms with Crippen LogP contribution in [0.2, 0.25) is 0 Å². The van der Waals surface area contributed by atoms with E-state index in [1.165, 1.54) is 366 Å². The minimum atomic E-state index is -0.842. The summed E-state index contributed by atoms with van der Waals surface area (Å²) < 4.78 is 5.49. The molecule has 0 saturated heterocycles. The third-order valence-corrected chi connectivity index (χ3v) is 18.4. The van der Waals surface area contributed by atoms with Gasteiger partial charge in [-0.3, -0.25) is 9.59 Å². The van der Waals surface area contributed by atoms with Crippen molar-refractivity contribution in [2.45, 2.75) is 450 Å². The molecule has 0 aromatic carbocycles. The van der Waals surface area contributed by atoms with Crippen LogP contribution in [0.25, 0.3) is 0 Å². The van der Waals surface area contributed by atoms with Gasteiger partial charge in [-0.1, -0.05) is 378 Å². The average Bonchev–Trinajstić information content (AvgIpc) is 3.55. The van der Waals surface area contributed by atoms with E-state index < -0.39 is 12.1 Å². The number of carbonyl (C=O) groups excluding carboxylic acids is 2.